The van der Waals surface area contributed by atoms with Crippen molar-refractivity contribution in [1.82, 2.24) is 19.7 Å². The third kappa shape index (κ3) is 4.24. The summed E-state index contributed by atoms with van der Waals surface area (Å²) in [6, 6.07) is 0. The minimum absolute atomic E-state index is 0.296. The molecule has 1 unspecified atom stereocenters. The fourth-order valence-corrected chi connectivity index (χ4v) is 2.71. The van der Waals surface area contributed by atoms with E-state index in [0.717, 1.165) is 32.1 Å². The SMILES string of the molecule is COCC1CCCCN(Cc2ncnn2CCF)C1. The molecule has 0 aromatic carbocycles. The van der Waals surface area contributed by atoms with Crippen molar-refractivity contribution >= 4 is 0 Å². The summed E-state index contributed by atoms with van der Waals surface area (Å²) < 4.78 is 19.4. The standard InChI is InChI=1S/C13H23FN4O/c1-19-10-12-4-2-3-6-17(8-12)9-13-15-11-16-18(13)7-5-14/h11-12H,2-10H2,1H3. The number of nitrogens with zero attached hydrogens (tertiary/aromatic N) is 4. The first-order chi connectivity index (χ1) is 9.33. The maximum absolute atomic E-state index is 12.4. The van der Waals surface area contributed by atoms with Crippen LogP contribution in [0.2, 0.25) is 0 Å². The van der Waals surface area contributed by atoms with Crippen LogP contribution >= 0.6 is 0 Å². The van der Waals surface area contributed by atoms with Gasteiger partial charge in [0.25, 0.3) is 0 Å². The summed E-state index contributed by atoms with van der Waals surface area (Å²) in [4.78, 5) is 6.63. The lowest BCUT2D eigenvalue weighted by Gasteiger charge is -2.23. The Labute approximate surface area is 113 Å². The van der Waals surface area contributed by atoms with E-state index in [1.807, 2.05) is 0 Å². The molecule has 1 aromatic heterocycles. The van der Waals surface area contributed by atoms with E-state index in [1.165, 1.54) is 25.6 Å². The summed E-state index contributed by atoms with van der Waals surface area (Å²) in [5.41, 5.74) is 0. The van der Waals surface area contributed by atoms with Crippen molar-refractivity contribution in [3.8, 4) is 0 Å². The number of methoxy groups -OCH3 is 1. The third-order valence-electron chi connectivity index (χ3n) is 3.61. The summed E-state index contributed by atoms with van der Waals surface area (Å²) in [7, 11) is 1.76. The molecule has 1 saturated heterocycles. The maximum Gasteiger partial charge on any atom is 0.141 e. The number of ether oxygens (including phenoxy) is 1. The quantitative estimate of drug-likeness (QED) is 0.785. The Morgan fingerprint density at radius 1 is 1.47 bits per heavy atom. The molecule has 0 spiro atoms. The zero-order valence-corrected chi connectivity index (χ0v) is 11.6. The van der Waals surface area contributed by atoms with Gasteiger partial charge in [0, 0.05) is 13.7 Å². The lowest BCUT2D eigenvalue weighted by molar-refractivity contribution is 0.122. The fraction of sp³-hybridized carbons (Fsp3) is 0.846. The van der Waals surface area contributed by atoms with Crippen LogP contribution in [-0.4, -0.2) is 53.1 Å². The monoisotopic (exact) mass is 270 g/mol. The van der Waals surface area contributed by atoms with Gasteiger partial charge in [-0.05, 0) is 25.3 Å². The predicted molar refractivity (Wildman–Crippen MR) is 70.5 cm³/mol. The van der Waals surface area contributed by atoms with Crippen molar-refractivity contribution in [3.63, 3.8) is 0 Å². The highest BCUT2D eigenvalue weighted by atomic mass is 19.1. The van der Waals surface area contributed by atoms with Crippen LogP contribution in [0, 0.1) is 5.92 Å². The van der Waals surface area contributed by atoms with E-state index < -0.39 is 6.67 Å². The second-order valence-electron chi connectivity index (χ2n) is 5.14. The highest BCUT2D eigenvalue weighted by Crippen LogP contribution is 2.18. The molecule has 2 heterocycles. The van der Waals surface area contributed by atoms with E-state index in [-0.39, 0.29) is 0 Å². The molecule has 1 aliphatic rings. The smallest absolute Gasteiger partial charge is 0.141 e. The maximum atomic E-state index is 12.4. The van der Waals surface area contributed by atoms with Crippen LogP contribution in [0.3, 0.4) is 0 Å². The Morgan fingerprint density at radius 2 is 2.37 bits per heavy atom. The van der Waals surface area contributed by atoms with Crippen LogP contribution in [0.1, 0.15) is 25.1 Å². The summed E-state index contributed by atoms with van der Waals surface area (Å²) in [5.74, 6) is 1.45. The van der Waals surface area contributed by atoms with E-state index in [9.17, 15) is 4.39 Å². The molecule has 5 nitrogen and oxygen atoms in total. The molecule has 1 aliphatic heterocycles. The van der Waals surface area contributed by atoms with Crippen molar-refractivity contribution in [2.24, 2.45) is 5.92 Å². The average Bonchev–Trinajstić information content (AvgIpc) is 2.70. The zero-order valence-electron chi connectivity index (χ0n) is 11.6. The molecule has 108 valence electrons. The number of hydrogen-bond acceptors (Lipinski definition) is 4. The summed E-state index contributed by atoms with van der Waals surface area (Å²) in [5, 5.41) is 4.06. The van der Waals surface area contributed by atoms with Gasteiger partial charge < -0.3 is 4.74 Å². The van der Waals surface area contributed by atoms with E-state index >= 15 is 0 Å². The normalized spacial score (nSPS) is 21.5. The van der Waals surface area contributed by atoms with Crippen molar-refractivity contribution in [3.05, 3.63) is 12.2 Å². The van der Waals surface area contributed by atoms with Gasteiger partial charge in [-0.2, -0.15) is 5.10 Å². The summed E-state index contributed by atoms with van der Waals surface area (Å²) >= 11 is 0. The van der Waals surface area contributed by atoms with Crippen molar-refractivity contribution < 1.29 is 9.13 Å². The van der Waals surface area contributed by atoms with Crippen LogP contribution in [-0.2, 0) is 17.8 Å². The minimum Gasteiger partial charge on any atom is -0.384 e. The molecule has 1 atom stereocenters. The summed E-state index contributed by atoms with van der Waals surface area (Å²) in [6.07, 6.45) is 5.19. The molecule has 0 aliphatic carbocycles. The molecule has 0 amide bonds. The second-order valence-corrected chi connectivity index (χ2v) is 5.14. The lowest BCUT2D eigenvalue weighted by Crippen LogP contribution is -2.31. The zero-order chi connectivity index (χ0) is 13.5. The molecule has 1 fully saturated rings. The topological polar surface area (TPSA) is 43.2 Å². The first kappa shape index (κ1) is 14.4. The van der Waals surface area contributed by atoms with E-state index in [2.05, 4.69) is 15.0 Å². The number of halogens is 1. The molecule has 1 aromatic rings. The Hall–Kier alpha value is -1.01. The lowest BCUT2D eigenvalue weighted by atomic mass is 10.0. The Balaban J connectivity index is 1.94. The molecule has 19 heavy (non-hydrogen) atoms. The van der Waals surface area contributed by atoms with Crippen LogP contribution in [0.4, 0.5) is 4.39 Å². The number of likely N-dealkylation sites (tertiary alicyclic amines) is 1. The molecule has 0 N–H and O–H groups in total. The van der Waals surface area contributed by atoms with Crippen LogP contribution < -0.4 is 0 Å². The van der Waals surface area contributed by atoms with E-state index in [4.69, 9.17) is 4.74 Å². The molecule has 2 rings (SSSR count). The first-order valence-electron chi connectivity index (χ1n) is 6.97. The Morgan fingerprint density at radius 3 is 3.16 bits per heavy atom. The Kier molecular flexibility index (Phi) is 5.72. The van der Waals surface area contributed by atoms with Gasteiger partial charge >= 0.3 is 0 Å². The number of hydrogen-bond donors (Lipinski definition) is 0. The molecular formula is C13H23FN4O. The van der Waals surface area contributed by atoms with Gasteiger partial charge in [-0.15, -0.1) is 0 Å². The fourth-order valence-electron chi connectivity index (χ4n) is 2.71. The first-order valence-corrected chi connectivity index (χ1v) is 6.97. The van der Waals surface area contributed by atoms with Gasteiger partial charge in [0.2, 0.25) is 0 Å². The third-order valence-corrected chi connectivity index (χ3v) is 3.61. The van der Waals surface area contributed by atoms with E-state index in [0.29, 0.717) is 12.5 Å². The molecule has 0 saturated carbocycles. The number of rotatable bonds is 6. The van der Waals surface area contributed by atoms with Crippen LogP contribution in [0.5, 0.6) is 0 Å². The highest BCUT2D eigenvalue weighted by molar-refractivity contribution is 4.86. The molecule has 6 heteroatoms. The van der Waals surface area contributed by atoms with Gasteiger partial charge in [0.1, 0.15) is 18.8 Å². The van der Waals surface area contributed by atoms with Crippen LogP contribution in [0.15, 0.2) is 6.33 Å². The van der Waals surface area contributed by atoms with Gasteiger partial charge in [-0.25, -0.2) is 14.1 Å². The highest BCUT2D eigenvalue weighted by Gasteiger charge is 2.19. The van der Waals surface area contributed by atoms with E-state index in [1.54, 1.807) is 11.8 Å². The average molecular weight is 270 g/mol. The van der Waals surface area contributed by atoms with Gasteiger partial charge in [-0.3, -0.25) is 4.90 Å². The number of aryl methyl sites for hydroxylation is 1. The van der Waals surface area contributed by atoms with Crippen molar-refractivity contribution in [2.75, 3.05) is 33.5 Å². The molecule has 0 bridgehead atoms. The largest absolute Gasteiger partial charge is 0.384 e. The molecular weight excluding hydrogens is 247 g/mol. The number of alkyl halides is 1. The van der Waals surface area contributed by atoms with Gasteiger partial charge in [0.15, 0.2) is 0 Å². The van der Waals surface area contributed by atoms with Gasteiger partial charge in [-0.1, -0.05) is 6.42 Å². The number of aromatic nitrogens is 3. The molecule has 0 radical (unpaired) electrons. The van der Waals surface area contributed by atoms with Crippen LogP contribution in [0.25, 0.3) is 0 Å². The second kappa shape index (κ2) is 7.55. The minimum atomic E-state index is -0.400. The predicted octanol–water partition coefficient (Wildman–Crippen LogP) is 1.50. The van der Waals surface area contributed by atoms with Crippen molar-refractivity contribution in [2.45, 2.75) is 32.4 Å². The summed E-state index contributed by atoms with van der Waals surface area (Å²) in [6.45, 7) is 3.56. The Bertz CT molecular complexity index is 371. The van der Waals surface area contributed by atoms with Crippen molar-refractivity contribution in [1.29, 1.82) is 0 Å². The van der Waals surface area contributed by atoms with Gasteiger partial charge in [0.05, 0.1) is 19.7 Å².